The second-order valence-corrected chi connectivity index (χ2v) is 5.16. The van der Waals surface area contributed by atoms with Gasteiger partial charge >= 0.3 is 5.97 Å². The average molecular weight is 316 g/mol. The third-order valence-corrected chi connectivity index (χ3v) is 2.74. The predicted octanol–water partition coefficient (Wildman–Crippen LogP) is 4.77. The molecule has 0 heterocycles. The fourth-order valence-corrected chi connectivity index (χ4v) is 1.75. The van der Waals surface area contributed by atoms with Gasteiger partial charge in [0.1, 0.15) is 5.69 Å². The Hall–Kier alpha value is -0.550. The number of carboxylic acid groups (broad SMARTS) is 1. The van der Waals surface area contributed by atoms with Crippen LogP contribution in [-0.2, 0) is 4.79 Å². The molecule has 17 heavy (non-hydrogen) atoms. The average Bonchev–Trinajstić information content (AvgIpc) is 2.15. The fraction of sp³-hybridized carbons (Fsp3) is 0.222. The quantitative estimate of drug-likeness (QED) is 0.496. The Balaban J connectivity index is 3.12. The number of carbonyl (C=O) groups is 1. The summed E-state index contributed by atoms with van der Waals surface area (Å²) in [5, 5.41) is 16.5. The van der Waals surface area contributed by atoms with Crippen molar-refractivity contribution >= 4 is 58.1 Å². The van der Waals surface area contributed by atoms with Crippen molar-refractivity contribution in [2.45, 2.75) is 11.9 Å². The Bertz CT molecular complexity index is 465. The van der Waals surface area contributed by atoms with Gasteiger partial charge in [-0.3, -0.25) is 0 Å². The molecule has 0 amide bonds. The number of azo groups is 1. The van der Waals surface area contributed by atoms with Gasteiger partial charge in [-0.15, -0.1) is 0 Å². The second kappa shape index (κ2) is 5.40. The summed E-state index contributed by atoms with van der Waals surface area (Å²) >= 11 is 22.9. The number of alkyl halides is 1. The molecule has 0 saturated heterocycles. The van der Waals surface area contributed by atoms with Gasteiger partial charge in [-0.1, -0.05) is 46.4 Å². The van der Waals surface area contributed by atoms with Crippen LogP contribution in [0, 0.1) is 0 Å². The van der Waals surface area contributed by atoms with Crippen LogP contribution >= 0.6 is 46.4 Å². The maximum atomic E-state index is 10.7. The topological polar surface area (TPSA) is 62.0 Å². The zero-order chi connectivity index (χ0) is 13.2. The highest BCUT2D eigenvalue weighted by Crippen LogP contribution is 2.37. The van der Waals surface area contributed by atoms with Crippen LogP contribution in [-0.4, -0.2) is 16.1 Å². The van der Waals surface area contributed by atoms with E-state index in [-0.39, 0.29) is 15.7 Å². The minimum Gasteiger partial charge on any atom is -0.478 e. The molecule has 0 aliphatic heterocycles. The van der Waals surface area contributed by atoms with Crippen LogP contribution < -0.4 is 0 Å². The van der Waals surface area contributed by atoms with Crippen molar-refractivity contribution in [3.63, 3.8) is 0 Å². The van der Waals surface area contributed by atoms with E-state index in [1.165, 1.54) is 19.1 Å². The predicted molar refractivity (Wildman–Crippen MR) is 67.9 cm³/mol. The zero-order valence-electron chi connectivity index (χ0n) is 8.42. The molecule has 1 aromatic carbocycles. The van der Waals surface area contributed by atoms with Crippen molar-refractivity contribution in [1.29, 1.82) is 0 Å². The van der Waals surface area contributed by atoms with Gasteiger partial charge < -0.3 is 5.11 Å². The minimum atomic E-state index is -1.87. The van der Waals surface area contributed by atoms with E-state index in [2.05, 4.69) is 10.2 Å². The summed E-state index contributed by atoms with van der Waals surface area (Å²) in [6, 6.07) is 2.82. The Morgan fingerprint density at radius 3 is 2.18 bits per heavy atom. The molecule has 4 nitrogen and oxygen atoms in total. The van der Waals surface area contributed by atoms with Crippen molar-refractivity contribution in [3.8, 4) is 0 Å². The SMILES string of the molecule is CC(Cl)(/N=N/c1c(Cl)cc(Cl)cc1Cl)C(=O)O. The molecule has 1 aromatic rings. The lowest BCUT2D eigenvalue weighted by atomic mass is 10.3. The van der Waals surface area contributed by atoms with Crippen LogP contribution in [0.3, 0.4) is 0 Å². The van der Waals surface area contributed by atoms with E-state index < -0.39 is 11.0 Å². The largest absolute Gasteiger partial charge is 0.478 e. The zero-order valence-corrected chi connectivity index (χ0v) is 11.4. The lowest BCUT2D eigenvalue weighted by Crippen LogP contribution is -2.24. The van der Waals surface area contributed by atoms with Crippen LogP contribution in [0.15, 0.2) is 22.4 Å². The molecule has 0 fully saturated rings. The first-order valence-electron chi connectivity index (χ1n) is 4.24. The van der Waals surface area contributed by atoms with Crippen molar-refractivity contribution in [3.05, 3.63) is 27.2 Å². The monoisotopic (exact) mass is 314 g/mol. The first kappa shape index (κ1) is 14.5. The summed E-state index contributed by atoms with van der Waals surface area (Å²) < 4.78 is 0. The molecule has 0 aliphatic carbocycles. The highest BCUT2D eigenvalue weighted by Gasteiger charge is 2.30. The summed E-state index contributed by atoms with van der Waals surface area (Å²) in [5.41, 5.74) is 0.117. The molecule has 8 heteroatoms. The van der Waals surface area contributed by atoms with E-state index in [4.69, 9.17) is 51.5 Å². The van der Waals surface area contributed by atoms with Gasteiger partial charge in [0.25, 0.3) is 0 Å². The van der Waals surface area contributed by atoms with E-state index in [0.29, 0.717) is 5.02 Å². The van der Waals surface area contributed by atoms with E-state index >= 15 is 0 Å². The second-order valence-electron chi connectivity index (χ2n) is 3.18. The molecular formula is C9H6Cl4N2O2. The Morgan fingerprint density at radius 1 is 1.29 bits per heavy atom. The van der Waals surface area contributed by atoms with Crippen molar-refractivity contribution in [2.75, 3.05) is 0 Å². The first-order valence-corrected chi connectivity index (χ1v) is 5.75. The Kier molecular flexibility index (Phi) is 4.61. The highest BCUT2D eigenvalue weighted by atomic mass is 35.5. The molecule has 0 spiro atoms. The summed E-state index contributed by atoms with van der Waals surface area (Å²) in [5.74, 6) is -1.33. The van der Waals surface area contributed by atoms with E-state index in [0.717, 1.165) is 0 Å². The molecule has 1 atom stereocenters. The number of nitrogens with zero attached hydrogens (tertiary/aromatic N) is 2. The molecule has 0 radical (unpaired) electrons. The summed E-state index contributed by atoms with van der Waals surface area (Å²) in [4.78, 5) is 8.82. The molecule has 0 bridgehead atoms. The Morgan fingerprint density at radius 2 is 1.76 bits per heavy atom. The van der Waals surface area contributed by atoms with Gasteiger partial charge in [0.2, 0.25) is 5.00 Å². The van der Waals surface area contributed by atoms with Gasteiger partial charge in [-0.05, 0) is 19.1 Å². The molecule has 92 valence electrons. The molecule has 1 N–H and O–H groups in total. The molecule has 0 aliphatic rings. The first-order chi connectivity index (χ1) is 7.74. The maximum absolute atomic E-state index is 10.7. The normalized spacial score (nSPS) is 14.9. The van der Waals surface area contributed by atoms with E-state index in [1.54, 1.807) is 0 Å². The van der Waals surface area contributed by atoms with Crippen LogP contribution in [0.1, 0.15) is 6.92 Å². The number of hydrogen-bond donors (Lipinski definition) is 1. The molecular weight excluding hydrogens is 310 g/mol. The fourth-order valence-electron chi connectivity index (χ4n) is 0.817. The summed E-state index contributed by atoms with van der Waals surface area (Å²) in [6.07, 6.45) is 0. The number of halogens is 4. The molecule has 0 saturated carbocycles. The summed E-state index contributed by atoms with van der Waals surface area (Å²) in [7, 11) is 0. The lowest BCUT2D eigenvalue weighted by molar-refractivity contribution is -0.139. The lowest BCUT2D eigenvalue weighted by Gasteiger charge is -2.09. The van der Waals surface area contributed by atoms with Gasteiger partial charge in [-0.2, -0.15) is 10.2 Å². The van der Waals surface area contributed by atoms with Gasteiger partial charge in [-0.25, -0.2) is 4.79 Å². The van der Waals surface area contributed by atoms with Crippen LogP contribution in [0.2, 0.25) is 15.1 Å². The van der Waals surface area contributed by atoms with Gasteiger partial charge in [0.15, 0.2) is 0 Å². The van der Waals surface area contributed by atoms with Crippen LogP contribution in [0.25, 0.3) is 0 Å². The minimum absolute atomic E-state index is 0.117. The third-order valence-electron chi connectivity index (χ3n) is 1.71. The van der Waals surface area contributed by atoms with E-state index in [1.807, 2.05) is 0 Å². The number of aliphatic carboxylic acids is 1. The van der Waals surface area contributed by atoms with Gasteiger partial charge in [0, 0.05) is 5.02 Å². The van der Waals surface area contributed by atoms with Crippen molar-refractivity contribution < 1.29 is 9.90 Å². The number of rotatable bonds is 3. The molecule has 1 unspecified atom stereocenters. The van der Waals surface area contributed by atoms with Crippen molar-refractivity contribution in [1.82, 2.24) is 0 Å². The number of benzene rings is 1. The highest BCUT2D eigenvalue weighted by molar-refractivity contribution is 6.41. The van der Waals surface area contributed by atoms with Crippen molar-refractivity contribution in [2.24, 2.45) is 10.2 Å². The summed E-state index contributed by atoms with van der Waals surface area (Å²) in [6.45, 7) is 1.18. The molecule has 1 rings (SSSR count). The number of carboxylic acids is 1. The standard InChI is InChI=1S/C9H6Cl4N2O2/c1-9(13,8(16)17)15-14-7-5(11)2-4(10)3-6(7)12/h2-3H,1H3,(H,16,17)/b15-14+. The van der Waals surface area contributed by atoms with E-state index in [9.17, 15) is 4.79 Å². The Labute approximate surface area is 117 Å². The van der Waals surface area contributed by atoms with Gasteiger partial charge in [0.05, 0.1) is 10.0 Å². The molecule has 0 aromatic heterocycles. The van der Waals surface area contributed by atoms with Crippen LogP contribution in [0.4, 0.5) is 5.69 Å². The maximum Gasteiger partial charge on any atom is 0.348 e. The number of hydrogen-bond acceptors (Lipinski definition) is 3. The van der Waals surface area contributed by atoms with Crippen LogP contribution in [0.5, 0.6) is 0 Å². The third kappa shape index (κ3) is 3.71. The smallest absolute Gasteiger partial charge is 0.348 e.